The highest BCUT2D eigenvalue weighted by Crippen LogP contribution is 2.56. The number of piperidine rings is 1. The molecule has 6 nitrogen and oxygen atoms in total. The normalized spacial score (nSPS) is 20.7. The molecule has 0 bridgehead atoms. The number of thiophene rings is 1. The molecular formula is C19H21N3O3S. The number of nitro benzene ring substituents is 1. The Balaban J connectivity index is 1.61. The summed E-state index contributed by atoms with van der Waals surface area (Å²) in [6.45, 7) is 2.55. The first-order chi connectivity index (χ1) is 12.6. The summed E-state index contributed by atoms with van der Waals surface area (Å²) in [4.78, 5) is 25.8. The summed E-state index contributed by atoms with van der Waals surface area (Å²) < 4.78 is 0. The van der Waals surface area contributed by atoms with Crippen molar-refractivity contribution in [2.45, 2.75) is 31.8 Å². The van der Waals surface area contributed by atoms with Crippen molar-refractivity contribution >= 4 is 22.9 Å². The van der Waals surface area contributed by atoms with E-state index in [2.05, 4.69) is 10.7 Å². The average molecular weight is 371 g/mol. The molecule has 1 amide bonds. The minimum Gasteiger partial charge on any atom is -0.331 e. The van der Waals surface area contributed by atoms with E-state index in [1.54, 1.807) is 23.5 Å². The molecule has 2 aliphatic rings. The number of hydrogen-bond acceptors (Lipinski definition) is 5. The van der Waals surface area contributed by atoms with E-state index in [4.69, 9.17) is 0 Å². The van der Waals surface area contributed by atoms with Crippen LogP contribution in [0.1, 0.15) is 35.2 Å². The number of non-ortho nitro benzene ring substituents is 1. The summed E-state index contributed by atoms with van der Waals surface area (Å²) in [5, 5.41) is 18.5. The third kappa shape index (κ3) is 3.24. The molecule has 26 heavy (non-hydrogen) atoms. The van der Waals surface area contributed by atoms with Crippen LogP contribution in [-0.4, -0.2) is 34.9 Å². The number of nitro groups is 1. The van der Waals surface area contributed by atoms with Crippen LogP contribution in [0.2, 0.25) is 0 Å². The number of carbonyl (C=O) groups is 1. The molecule has 2 aromatic rings. The number of rotatable bonds is 5. The van der Waals surface area contributed by atoms with Crippen LogP contribution < -0.4 is 5.32 Å². The summed E-state index contributed by atoms with van der Waals surface area (Å²) in [5.41, 5.74) is 1.69. The van der Waals surface area contributed by atoms with E-state index >= 15 is 0 Å². The molecule has 1 aliphatic carbocycles. The fourth-order valence-electron chi connectivity index (χ4n) is 4.05. The molecule has 4 rings (SSSR count). The Labute approximate surface area is 156 Å². The zero-order valence-electron chi connectivity index (χ0n) is 14.4. The summed E-state index contributed by atoms with van der Waals surface area (Å²) in [6, 6.07) is 8.33. The van der Waals surface area contributed by atoms with Crippen LogP contribution in [0.5, 0.6) is 0 Å². The van der Waals surface area contributed by atoms with Gasteiger partial charge in [-0.2, -0.15) is 11.3 Å². The van der Waals surface area contributed by atoms with Crippen molar-refractivity contribution in [3.8, 4) is 0 Å². The van der Waals surface area contributed by atoms with Crippen LogP contribution in [0.4, 0.5) is 5.69 Å². The van der Waals surface area contributed by atoms with E-state index in [0.717, 1.165) is 37.9 Å². The van der Waals surface area contributed by atoms with Crippen molar-refractivity contribution in [3.63, 3.8) is 0 Å². The van der Waals surface area contributed by atoms with Gasteiger partial charge in [0.15, 0.2) is 0 Å². The minimum absolute atomic E-state index is 0.0429. The quantitative estimate of drug-likeness (QED) is 0.645. The molecule has 1 saturated heterocycles. The van der Waals surface area contributed by atoms with Crippen LogP contribution >= 0.6 is 11.3 Å². The molecule has 2 fully saturated rings. The van der Waals surface area contributed by atoms with Crippen LogP contribution in [-0.2, 0) is 6.54 Å². The Morgan fingerprint density at radius 3 is 2.85 bits per heavy atom. The first-order valence-corrected chi connectivity index (χ1v) is 9.81. The molecular weight excluding hydrogens is 350 g/mol. The van der Waals surface area contributed by atoms with Gasteiger partial charge in [0.1, 0.15) is 0 Å². The van der Waals surface area contributed by atoms with E-state index in [-0.39, 0.29) is 23.1 Å². The molecule has 136 valence electrons. The Morgan fingerprint density at radius 1 is 1.35 bits per heavy atom. The zero-order valence-corrected chi connectivity index (χ0v) is 15.2. The molecule has 1 aliphatic heterocycles. The predicted octanol–water partition coefficient (Wildman–Crippen LogP) is 3.44. The summed E-state index contributed by atoms with van der Waals surface area (Å²) >= 11 is 1.62. The summed E-state index contributed by atoms with van der Waals surface area (Å²) in [6.07, 6.45) is 3.19. The van der Waals surface area contributed by atoms with Crippen molar-refractivity contribution in [1.82, 2.24) is 10.2 Å². The van der Waals surface area contributed by atoms with Gasteiger partial charge < -0.3 is 10.2 Å². The zero-order chi connectivity index (χ0) is 18.1. The number of nitrogens with zero attached hydrogens (tertiary/aromatic N) is 2. The monoisotopic (exact) mass is 371 g/mol. The molecule has 1 spiro atoms. The third-order valence-corrected chi connectivity index (χ3v) is 6.35. The number of nitrogens with one attached hydrogen (secondary N) is 1. The average Bonchev–Trinajstić information content (AvgIpc) is 3.08. The van der Waals surface area contributed by atoms with Crippen molar-refractivity contribution in [3.05, 3.63) is 62.3 Å². The second-order valence-corrected chi connectivity index (χ2v) is 7.98. The molecule has 1 saturated carbocycles. The molecule has 1 N–H and O–H groups in total. The second-order valence-electron chi connectivity index (χ2n) is 7.20. The van der Waals surface area contributed by atoms with E-state index in [9.17, 15) is 14.9 Å². The van der Waals surface area contributed by atoms with E-state index in [1.165, 1.54) is 12.1 Å². The molecule has 7 heteroatoms. The first-order valence-electron chi connectivity index (χ1n) is 8.86. The highest BCUT2D eigenvalue weighted by atomic mass is 32.1. The molecule has 1 aromatic heterocycles. The van der Waals surface area contributed by atoms with Crippen molar-refractivity contribution in [2.75, 3.05) is 13.1 Å². The predicted molar refractivity (Wildman–Crippen MR) is 100 cm³/mol. The molecule has 1 atom stereocenters. The van der Waals surface area contributed by atoms with Crippen LogP contribution in [0.3, 0.4) is 0 Å². The largest absolute Gasteiger partial charge is 0.331 e. The first kappa shape index (κ1) is 17.2. The number of hydrogen-bond donors (Lipinski definition) is 1. The van der Waals surface area contributed by atoms with Gasteiger partial charge in [-0.1, -0.05) is 6.07 Å². The second kappa shape index (κ2) is 6.81. The van der Waals surface area contributed by atoms with Gasteiger partial charge in [-0.25, -0.2) is 0 Å². The van der Waals surface area contributed by atoms with Gasteiger partial charge in [-0.15, -0.1) is 0 Å². The number of carbonyl (C=O) groups excluding carboxylic acids is 1. The topological polar surface area (TPSA) is 75.5 Å². The number of benzene rings is 1. The minimum atomic E-state index is -0.453. The van der Waals surface area contributed by atoms with E-state index in [0.29, 0.717) is 12.1 Å². The highest BCUT2D eigenvalue weighted by molar-refractivity contribution is 7.07. The van der Waals surface area contributed by atoms with Crippen molar-refractivity contribution in [1.29, 1.82) is 0 Å². The summed E-state index contributed by atoms with van der Waals surface area (Å²) in [7, 11) is 0. The van der Waals surface area contributed by atoms with Crippen LogP contribution in [0.15, 0.2) is 41.1 Å². The molecule has 0 radical (unpaired) electrons. The van der Waals surface area contributed by atoms with Gasteiger partial charge in [-0.3, -0.25) is 14.9 Å². The Hall–Kier alpha value is -2.25. The number of amides is 1. The smallest absolute Gasteiger partial charge is 0.270 e. The lowest BCUT2D eigenvalue weighted by molar-refractivity contribution is -0.384. The molecule has 2 heterocycles. The summed E-state index contributed by atoms with van der Waals surface area (Å²) in [5.74, 6) is -0.111. The van der Waals surface area contributed by atoms with Crippen molar-refractivity contribution < 1.29 is 9.72 Å². The maximum Gasteiger partial charge on any atom is 0.270 e. The van der Waals surface area contributed by atoms with Gasteiger partial charge in [-0.05, 0) is 66.2 Å². The fourth-order valence-corrected chi connectivity index (χ4v) is 4.71. The Kier molecular flexibility index (Phi) is 4.50. The molecule has 1 aromatic carbocycles. The third-order valence-electron chi connectivity index (χ3n) is 5.62. The lowest BCUT2D eigenvalue weighted by Gasteiger charge is -2.29. The van der Waals surface area contributed by atoms with E-state index < -0.39 is 4.92 Å². The van der Waals surface area contributed by atoms with Gasteiger partial charge in [0.2, 0.25) is 0 Å². The van der Waals surface area contributed by atoms with Crippen LogP contribution in [0, 0.1) is 15.5 Å². The SMILES string of the molecule is O=C(c1cccc([N+](=O)[O-])c1)N(Cc1ccsc1)C1CC12CCNCC2. The lowest BCUT2D eigenvalue weighted by Crippen LogP contribution is -2.39. The van der Waals surface area contributed by atoms with Gasteiger partial charge in [0.05, 0.1) is 4.92 Å². The van der Waals surface area contributed by atoms with Gasteiger partial charge >= 0.3 is 0 Å². The maximum atomic E-state index is 13.2. The molecule has 1 unspecified atom stereocenters. The Morgan fingerprint density at radius 2 is 2.15 bits per heavy atom. The van der Waals surface area contributed by atoms with E-state index in [1.807, 2.05) is 16.3 Å². The lowest BCUT2D eigenvalue weighted by atomic mass is 9.93. The van der Waals surface area contributed by atoms with Crippen LogP contribution in [0.25, 0.3) is 0 Å². The highest BCUT2D eigenvalue weighted by Gasteiger charge is 2.57. The standard InChI is InChI=1S/C19H21N3O3S/c23-18(15-2-1-3-16(10-15)22(24)25)21(12-14-4-9-26-13-14)17-11-19(17)5-7-20-8-6-19/h1-4,9-10,13,17,20H,5-8,11-12H2. The maximum absolute atomic E-state index is 13.2. The van der Waals surface area contributed by atoms with Gasteiger partial charge in [0, 0.05) is 30.3 Å². The van der Waals surface area contributed by atoms with Crippen molar-refractivity contribution in [2.24, 2.45) is 5.41 Å². The van der Waals surface area contributed by atoms with Gasteiger partial charge in [0.25, 0.3) is 11.6 Å². The fraction of sp³-hybridized carbons (Fsp3) is 0.421. The Bertz CT molecular complexity index is 815.